The highest BCUT2D eigenvalue weighted by Gasteiger charge is 2.36. The van der Waals surface area contributed by atoms with E-state index in [1.807, 2.05) is 6.07 Å². The molecule has 2 N–H and O–H groups in total. The Morgan fingerprint density at radius 1 is 1.16 bits per heavy atom. The maximum Gasteiger partial charge on any atom is 0.314 e. The molecule has 2 atom stereocenters. The number of phenols is 1. The molecule has 1 aliphatic heterocycles. The van der Waals surface area contributed by atoms with Gasteiger partial charge in [0.15, 0.2) is 0 Å². The normalized spacial score (nSPS) is 16.1. The van der Waals surface area contributed by atoms with Crippen LogP contribution in [-0.4, -0.2) is 54.6 Å². The first-order valence-corrected chi connectivity index (χ1v) is 9.90. The van der Waals surface area contributed by atoms with Crippen LogP contribution in [0.4, 0.5) is 0 Å². The van der Waals surface area contributed by atoms with Crippen molar-refractivity contribution in [3.8, 4) is 11.5 Å². The Bertz CT molecular complexity index is 973. The van der Waals surface area contributed by atoms with Gasteiger partial charge in [0.2, 0.25) is 11.8 Å². The fourth-order valence-corrected chi connectivity index (χ4v) is 3.80. The predicted molar refractivity (Wildman–Crippen MR) is 113 cm³/mol. The molecule has 0 spiro atoms. The summed E-state index contributed by atoms with van der Waals surface area (Å²) in [6, 6.07) is 11.1. The van der Waals surface area contributed by atoms with E-state index in [4.69, 9.17) is 9.47 Å². The van der Waals surface area contributed by atoms with Crippen LogP contribution in [0.1, 0.15) is 29.5 Å². The van der Waals surface area contributed by atoms with Crippen LogP contribution < -0.4 is 10.1 Å². The van der Waals surface area contributed by atoms with Gasteiger partial charge in [-0.25, -0.2) is 0 Å². The smallest absolute Gasteiger partial charge is 0.314 e. The number of carbonyl (C=O) groups excluding carboxylic acids is 3. The molecule has 0 saturated heterocycles. The van der Waals surface area contributed by atoms with Crippen molar-refractivity contribution < 1.29 is 29.0 Å². The van der Waals surface area contributed by atoms with Gasteiger partial charge in [0.1, 0.15) is 17.5 Å². The molecule has 2 aromatic rings. The molecule has 0 saturated carbocycles. The Morgan fingerprint density at radius 3 is 2.48 bits per heavy atom. The predicted octanol–water partition coefficient (Wildman–Crippen LogP) is 1.75. The van der Waals surface area contributed by atoms with E-state index in [1.54, 1.807) is 36.3 Å². The van der Waals surface area contributed by atoms with Gasteiger partial charge in [-0.05, 0) is 41.0 Å². The average Bonchev–Trinajstić information content (AvgIpc) is 2.77. The van der Waals surface area contributed by atoms with Gasteiger partial charge in [-0.1, -0.05) is 18.2 Å². The molecule has 0 aromatic heterocycles. The molecule has 0 radical (unpaired) electrons. The third kappa shape index (κ3) is 5.14. The number of nitrogens with zero attached hydrogens (tertiary/aromatic N) is 1. The van der Waals surface area contributed by atoms with Crippen molar-refractivity contribution in [2.45, 2.75) is 31.8 Å². The first kappa shape index (κ1) is 22.1. The Kier molecular flexibility index (Phi) is 6.79. The molecule has 3 rings (SSSR count). The molecule has 1 unspecified atom stereocenters. The topological polar surface area (TPSA) is 105 Å². The number of esters is 1. The van der Waals surface area contributed by atoms with Gasteiger partial charge in [-0.2, -0.15) is 0 Å². The number of phenolic OH excluding ortho intramolecular Hbond substituents is 1. The number of hydrogen-bond acceptors (Lipinski definition) is 6. The van der Waals surface area contributed by atoms with Crippen LogP contribution in [0.2, 0.25) is 0 Å². The summed E-state index contributed by atoms with van der Waals surface area (Å²) in [7, 11) is 2.86. The van der Waals surface area contributed by atoms with E-state index in [0.29, 0.717) is 12.3 Å². The maximum atomic E-state index is 13.4. The van der Waals surface area contributed by atoms with Crippen molar-refractivity contribution in [3.63, 3.8) is 0 Å². The number of hydrogen-bond donors (Lipinski definition) is 2. The number of aromatic hydroxyl groups is 1. The minimum Gasteiger partial charge on any atom is -0.508 e. The van der Waals surface area contributed by atoms with Crippen molar-refractivity contribution in [2.75, 3.05) is 20.8 Å². The molecular weight excluding hydrogens is 400 g/mol. The number of benzene rings is 2. The molecular formula is C23H26N2O6. The quantitative estimate of drug-likeness (QED) is 0.682. The molecule has 2 amide bonds. The number of methoxy groups -OCH3 is 2. The lowest BCUT2D eigenvalue weighted by atomic mass is 9.89. The second kappa shape index (κ2) is 9.51. The summed E-state index contributed by atoms with van der Waals surface area (Å²) in [5.41, 5.74) is 2.38. The van der Waals surface area contributed by atoms with Gasteiger partial charge in [0, 0.05) is 26.4 Å². The minimum absolute atomic E-state index is 0.120. The molecule has 1 aliphatic rings. The summed E-state index contributed by atoms with van der Waals surface area (Å²) in [4.78, 5) is 39.2. The fraction of sp³-hybridized carbons (Fsp3) is 0.348. The first-order chi connectivity index (χ1) is 14.8. The maximum absolute atomic E-state index is 13.4. The molecule has 8 heteroatoms. The summed E-state index contributed by atoms with van der Waals surface area (Å²) in [5.74, 6) is -0.977. The van der Waals surface area contributed by atoms with Crippen LogP contribution in [-0.2, 0) is 32.1 Å². The van der Waals surface area contributed by atoms with Gasteiger partial charge in [-0.3, -0.25) is 14.4 Å². The van der Waals surface area contributed by atoms with Gasteiger partial charge in [0.05, 0.1) is 20.1 Å². The number of rotatable bonds is 6. The highest BCUT2D eigenvalue weighted by atomic mass is 16.5. The standard InChI is InChI=1S/C23H26N2O6/c1-14(26)24-21(10-15-4-7-17(27)8-5-15)22(28)25-12-16-6-9-18(30-2)11-19(16)20(13-25)23(29)31-3/h4-9,11,20-21,27H,10,12-13H2,1-3H3,(H,24,26)/t20?,21-/m0/s1. The van der Waals surface area contributed by atoms with Crippen LogP contribution >= 0.6 is 0 Å². The molecule has 0 aliphatic carbocycles. The monoisotopic (exact) mass is 426 g/mol. The van der Waals surface area contributed by atoms with Gasteiger partial charge in [0.25, 0.3) is 0 Å². The summed E-state index contributed by atoms with van der Waals surface area (Å²) in [6.07, 6.45) is 0.257. The second-order valence-electron chi connectivity index (χ2n) is 7.48. The summed E-state index contributed by atoms with van der Waals surface area (Å²) in [5, 5.41) is 12.2. The average molecular weight is 426 g/mol. The zero-order valence-corrected chi connectivity index (χ0v) is 17.8. The van der Waals surface area contributed by atoms with Gasteiger partial charge in [-0.15, -0.1) is 0 Å². The zero-order chi connectivity index (χ0) is 22.5. The molecule has 164 valence electrons. The van der Waals surface area contributed by atoms with E-state index >= 15 is 0 Å². The third-order valence-electron chi connectivity index (χ3n) is 5.34. The number of carbonyl (C=O) groups is 3. The SMILES string of the molecule is COC(=O)C1CN(C(=O)[C@H](Cc2ccc(O)cc2)NC(C)=O)Cc2ccc(OC)cc21. The largest absolute Gasteiger partial charge is 0.508 e. The summed E-state index contributed by atoms with van der Waals surface area (Å²) < 4.78 is 10.2. The Balaban J connectivity index is 1.88. The molecule has 2 aromatic carbocycles. The van der Waals surface area contributed by atoms with Crippen LogP contribution in [0.15, 0.2) is 42.5 Å². The minimum atomic E-state index is -0.805. The lowest BCUT2D eigenvalue weighted by Crippen LogP contribution is -2.51. The fourth-order valence-electron chi connectivity index (χ4n) is 3.80. The van der Waals surface area contributed by atoms with E-state index in [9.17, 15) is 19.5 Å². The second-order valence-corrected chi connectivity index (χ2v) is 7.48. The number of nitrogens with one attached hydrogen (secondary N) is 1. The van der Waals surface area contributed by atoms with Crippen molar-refractivity contribution in [1.29, 1.82) is 0 Å². The number of amides is 2. The molecule has 0 bridgehead atoms. The highest BCUT2D eigenvalue weighted by Crippen LogP contribution is 2.32. The summed E-state index contributed by atoms with van der Waals surface area (Å²) >= 11 is 0. The van der Waals surface area contributed by atoms with Crippen LogP contribution in [0.5, 0.6) is 11.5 Å². The highest BCUT2D eigenvalue weighted by molar-refractivity contribution is 5.88. The summed E-state index contributed by atoms with van der Waals surface area (Å²) in [6.45, 7) is 1.79. The van der Waals surface area contributed by atoms with Crippen molar-refractivity contribution in [2.24, 2.45) is 0 Å². The van der Waals surface area contributed by atoms with Crippen molar-refractivity contribution >= 4 is 17.8 Å². The third-order valence-corrected chi connectivity index (χ3v) is 5.34. The molecule has 31 heavy (non-hydrogen) atoms. The Labute approximate surface area is 180 Å². The Hall–Kier alpha value is -3.55. The van der Waals surface area contributed by atoms with Crippen LogP contribution in [0, 0.1) is 0 Å². The van der Waals surface area contributed by atoms with Gasteiger partial charge >= 0.3 is 5.97 Å². The van der Waals surface area contributed by atoms with Crippen LogP contribution in [0.3, 0.4) is 0 Å². The lowest BCUT2D eigenvalue weighted by molar-refractivity contribution is -0.145. The van der Waals surface area contributed by atoms with E-state index in [-0.39, 0.29) is 30.5 Å². The molecule has 8 nitrogen and oxygen atoms in total. The van der Waals surface area contributed by atoms with Crippen molar-refractivity contribution in [3.05, 3.63) is 59.2 Å². The van der Waals surface area contributed by atoms with Crippen molar-refractivity contribution in [1.82, 2.24) is 10.2 Å². The first-order valence-electron chi connectivity index (χ1n) is 9.90. The zero-order valence-electron chi connectivity index (χ0n) is 17.8. The van der Waals surface area contributed by atoms with E-state index in [0.717, 1.165) is 16.7 Å². The van der Waals surface area contributed by atoms with E-state index < -0.39 is 17.9 Å². The van der Waals surface area contributed by atoms with Crippen LogP contribution in [0.25, 0.3) is 0 Å². The Morgan fingerprint density at radius 2 is 1.87 bits per heavy atom. The molecule has 1 heterocycles. The number of ether oxygens (including phenoxy) is 2. The molecule has 0 fully saturated rings. The van der Waals surface area contributed by atoms with E-state index in [2.05, 4.69) is 5.32 Å². The van der Waals surface area contributed by atoms with Gasteiger partial charge < -0.3 is 24.8 Å². The van der Waals surface area contributed by atoms with E-state index in [1.165, 1.54) is 26.2 Å². The lowest BCUT2D eigenvalue weighted by Gasteiger charge is -2.35. The number of fused-ring (bicyclic) bond motifs is 1.